The summed E-state index contributed by atoms with van der Waals surface area (Å²) in [5.74, 6) is -0.662. The van der Waals surface area contributed by atoms with Crippen LogP contribution in [0.25, 0.3) is 6.08 Å². The SMILES string of the molecule is CCOc1cc(/C=C2\N=C(c3ccco3)OC2=O)ccc1Oc1ccc(C(F)(F)F)cc1[N+](=O)[O-]. The summed E-state index contributed by atoms with van der Waals surface area (Å²) in [6.45, 7) is 1.87. The molecule has 0 amide bonds. The van der Waals surface area contributed by atoms with Crippen molar-refractivity contribution in [1.29, 1.82) is 0 Å². The third kappa shape index (κ3) is 5.16. The van der Waals surface area contributed by atoms with E-state index in [9.17, 15) is 28.1 Å². The van der Waals surface area contributed by atoms with Gasteiger partial charge in [-0.15, -0.1) is 0 Å². The Morgan fingerprint density at radius 1 is 1.11 bits per heavy atom. The van der Waals surface area contributed by atoms with Crippen LogP contribution in [-0.2, 0) is 15.7 Å². The standard InChI is InChI=1S/C23H15F3N2O7/c1-2-32-20-11-13(10-15-22(29)35-21(27-15)19-4-3-9-33-19)5-7-18(20)34-17-8-6-14(23(24,25)26)12-16(17)28(30)31/h3-12H,2H2,1H3/b15-10-. The van der Waals surface area contributed by atoms with E-state index in [0.717, 1.165) is 6.07 Å². The van der Waals surface area contributed by atoms with Gasteiger partial charge < -0.3 is 18.6 Å². The minimum Gasteiger partial charge on any atom is -0.490 e. The zero-order chi connectivity index (χ0) is 25.2. The molecule has 0 saturated heterocycles. The van der Waals surface area contributed by atoms with E-state index in [1.165, 1.54) is 30.5 Å². The summed E-state index contributed by atoms with van der Waals surface area (Å²) in [4.78, 5) is 26.6. The number of hydrogen-bond acceptors (Lipinski definition) is 8. The van der Waals surface area contributed by atoms with E-state index in [1.807, 2.05) is 0 Å². The minimum absolute atomic E-state index is 0.00542. The normalized spacial score (nSPS) is 14.6. The fourth-order valence-corrected chi connectivity index (χ4v) is 3.08. The Morgan fingerprint density at radius 3 is 2.54 bits per heavy atom. The van der Waals surface area contributed by atoms with E-state index in [2.05, 4.69) is 4.99 Å². The summed E-state index contributed by atoms with van der Waals surface area (Å²) in [7, 11) is 0. The van der Waals surface area contributed by atoms with Crippen LogP contribution >= 0.6 is 0 Å². The Bertz CT molecular complexity index is 1350. The fraction of sp³-hybridized carbons (Fsp3) is 0.130. The second kappa shape index (κ2) is 9.33. The van der Waals surface area contributed by atoms with Crippen LogP contribution < -0.4 is 9.47 Å². The molecule has 180 valence electrons. The molecule has 4 rings (SSSR count). The van der Waals surface area contributed by atoms with Crippen LogP contribution in [0.3, 0.4) is 0 Å². The van der Waals surface area contributed by atoms with E-state index in [4.69, 9.17) is 18.6 Å². The van der Waals surface area contributed by atoms with Crippen molar-refractivity contribution in [3.63, 3.8) is 0 Å². The number of carbonyl (C=O) groups excluding carboxylic acids is 1. The first-order valence-corrected chi connectivity index (χ1v) is 10.0. The van der Waals surface area contributed by atoms with E-state index >= 15 is 0 Å². The lowest BCUT2D eigenvalue weighted by Crippen LogP contribution is -2.06. The second-order valence-corrected chi connectivity index (χ2v) is 6.99. The van der Waals surface area contributed by atoms with Crippen molar-refractivity contribution in [2.45, 2.75) is 13.1 Å². The molecule has 12 heteroatoms. The first kappa shape index (κ1) is 23.5. The molecule has 0 fully saturated rings. The van der Waals surface area contributed by atoms with Gasteiger partial charge in [-0.05, 0) is 55.0 Å². The summed E-state index contributed by atoms with van der Waals surface area (Å²) >= 11 is 0. The molecule has 9 nitrogen and oxygen atoms in total. The lowest BCUT2D eigenvalue weighted by molar-refractivity contribution is -0.385. The van der Waals surface area contributed by atoms with Crippen LogP contribution in [0.15, 0.2) is 69.9 Å². The molecule has 1 aromatic heterocycles. The molecule has 1 aliphatic heterocycles. The average molecular weight is 488 g/mol. The smallest absolute Gasteiger partial charge is 0.416 e. The van der Waals surface area contributed by atoms with Crippen molar-refractivity contribution in [3.05, 3.63) is 87.5 Å². The number of nitro benzene ring substituents is 1. The fourth-order valence-electron chi connectivity index (χ4n) is 3.08. The molecule has 3 aromatic rings. The van der Waals surface area contributed by atoms with Crippen molar-refractivity contribution >= 4 is 23.6 Å². The van der Waals surface area contributed by atoms with Crippen LogP contribution in [0.4, 0.5) is 18.9 Å². The monoisotopic (exact) mass is 488 g/mol. The molecule has 1 aliphatic rings. The molecular formula is C23H15F3N2O7. The number of esters is 1. The molecule has 0 radical (unpaired) electrons. The average Bonchev–Trinajstić information content (AvgIpc) is 3.45. The van der Waals surface area contributed by atoms with Gasteiger partial charge in [-0.1, -0.05) is 6.07 Å². The van der Waals surface area contributed by atoms with Gasteiger partial charge in [0, 0.05) is 6.07 Å². The maximum Gasteiger partial charge on any atom is 0.416 e. The molecule has 2 aromatic carbocycles. The molecule has 0 atom stereocenters. The third-order valence-electron chi connectivity index (χ3n) is 4.63. The van der Waals surface area contributed by atoms with Crippen molar-refractivity contribution < 1.29 is 41.5 Å². The Morgan fingerprint density at radius 2 is 1.89 bits per heavy atom. The van der Waals surface area contributed by atoms with Crippen LogP contribution in [-0.4, -0.2) is 23.4 Å². The van der Waals surface area contributed by atoms with Gasteiger partial charge in [0.15, 0.2) is 23.0 Å². The Balaban J connectivity index is 1.66. The summed E-state index contributed by atoms with van der Waals surface area (Å²) < 4.78 is 60.2. The summed E-state index contributed by atoms with van der Waals surface area (Å²) in [5.41, 5.74) is -1.59. The zero-order valence-corrected chi connectivity index (χ0v) is 17.9. The topological polar surface area (TPSA) is 113 Å². The van der Waals surface area contributed by atoms with Crippen LogP contribution in [0.1, 0.15) is 23.8 Å². The van der Waals surface area contributed by atoms with Gasteiger partial charge in [0.1, 0.15) is 0 Å². The van der Waals surface area contributed by atoms with Crippen LogP contribution in [0, 0.1) is 10.1 Å². The van der Waals surface area contributed by atoms with Gasteiger partial charge in [-0.3, -0.25) is 10.1 Å². The maximum absolute atomic E-state index is 13.0. The molecule has 0 bridgehead atoms. The van der Waals surface area contributed by atoms with Crippen molar-refractivity contribution in [2.24, 2.45) is 4.99 Å². The molecule has 0 spiro atoms. The van der Waals surface area contributed by atoms with Gasteiger partial charge in [-0.2, -0.15) is 13.2 Å². The predicted molar refractivity (Wildman–Crippen MR) is 115 cm³/mol. The Labute approximate surface area is 195 Å². The number of nitro groups is 1. The first-order chi connectivity index (χ1) is 16.7. The molecule has 0 unspecified atom stereocenters. The minimum atomic E-state index is -4.75. The number of aliphatic imine (C=N–C) groups is 1. The highest BCUT2D eigenvalue weighted by Gasteiger charge is 2.33. The van der Waals surface area contributed by atoms with E-state index in [1.54, 1.807) is 19.1 Å². The largest absolute Gasteiger partial charge is 0.490 e. The van der Waals surface area contributed by atoms with Crippen molar-refractivity contribution in [1.82, 2.24) is 0 Å². The molecule has 35 heavy (non-hydrogen) atoms. The summed E-state index contributed by atoms with van der Waals surface area (Å²) in [6, 6.07) is 9.53. The zero-order valence-electron chi connectivity index (χ0n) is 17.9. The van der Waals surface area contributed by atoms with Crippen LogP contribution in [0.2, 0.25) is 0 Å². The number of benzene rings is 2. The highest BCUT2D eigenvalue weighted by molar-refractivity contribution is 6.11. The second-order valence-electron chi connectivity index (χ2n) is 6.99. The van der Waals surface area contributed by atoms with E-state index in [0.29, 0.717) is 17.7 Å². The number of furan rings is 1. The van der Waals surface area contributed by atoms with Gasteiger partial charge in [0.2, 0.25) is 5.75 Å². The van der Waals surface area contributed by atoms with Gasteiger partial charge in [0.25, 0.3) is 5.90 Å². The number of hydrogen-bond donors (Lipinski definition) is 0. The van der Waals surface area contributed by atoms with Gasteiger partial charge >= 0.3 is 17.8 Å². The number of alkyl halides is 3. The number of carbonyl (C=O) groups is 1. The predicted octanol–water partition coefficient (Wildman–Crippen LogP) is 5.74. The maximum atomic E-state index is 13.0. The highest BCUT2D eigenvalue weighted by atomic mass is 19.4. The van der Waals surface area contributed by atoms with E-state index < -0.39 is 34.1 Å². The van der Waals surface area contributed by atoms with Crippen molar-refractivity contribution in [2.75, 3.05) is 6.61 Å². The molecule has 2 heterocycles. The number of nitrogens with zero attached hydrogens (tertiary/aromatic N) is 2. The molecular weight excluding hydrogens is 473 g/mol. The first-order valence-electron chi connectivity index (χ1n) is 10.0. The lowest BCUT2D eigenvalue weighted by Gasteiger charge is -2.13. The van der Waals surface area contributed by atoms with E-state index in [-0.39, 0.29) is 35.5 Å². The summed E-state index contributed by atoms with van der Waals surface area (Å²) in [6.07, 6.45) is -1.93. The highest BCUT2D eigenvalue weighted by Crippen LogP contribution is 2.40. The van der Waals surface area contributed by atoms with Crippen LogP contribution in [0.5, 0.6) is 17.2 Å². The van der Waals surface area contributed by atoms with Gasteiger partial charge in [0.05, 0.1) is 23.4 Å². The molecule has 0 saturated carbocycles. The molecule has 0 aliphatic carbocycles. The summed E-state index contributed by atoms with van der Waals surface area (Å²) in [5, 5.41) is 11.3. The lowest BCUT2D eigenvalue weighted by atomic mass is 10.1. The number of cyclic esters (lactones) is 1. The number of rotatable bonds is 7. The molecule has 0 N–H and O–H groups in total. The Kier molecular flexibility index (Phi) is 6.28. The number of halogens is 3. The number of ether oxygens (including phenoxy) is 3. The van der Waals surface area contributed by atoms with Crippen molar-refractivity contribution in [3.8, 4) is 17.2 Å². The van der Waals surface area contributed by atoms with Gasteiger partial charge in [-0.25, -0.2) is 9.79 Å². The quantitative estimate of drug-likeness (QED) is 0.180. The Hall–Kier alpha value is -4.61. The third-order valence-corrected chi connectivity index (χ3v) is 4.63.